The van der Waals surface area contributed by atoms with E-state index >= 15 is 0 Å². The zero-order valence-electron chi connectivity index (χ0n) is 16.5. The molecule has 1 aliphatic rings. The molecule has 3 aromatic heterocycles. The first-order chi connectivity index (χ1) is 14.6. The van der Waals surface area contributed by atoms with Gasteiger partial charge >= 0.3 is 0 Å². The smallest absolute Gasteiger partial charge is 0.270 e. The second-order valence-electron chi connectivity index (χ2n) is 7.08. The molecule has 8 heteroatoms. The van der Waals surface area contributed by atoms with Crippen molar-refractivity contribution in [3.8, 4) is 11.1 Å². The Hall–Kier alpha value is -3.19. The van der Waals surface area contributed by atoms with Gasteiger partial charge in [0.15, 0.2) is 0 Å². The Balaban J connectivity index is 1.63. The molecule has 0 aliphatic heterocycles. The number of allylic oxidation sites excluding steroid dienone is 3. The zero-order chi connectivity index (χ0) is 21.1. The van der Waals surface area contributed by atoms with Crippen LogP contribution in [0.3, 0.4) is 0 Å². The van der Waals surface area contributed by atoms with E-state index in [1.807, 2.05) is 12.2 Å². The minimum absolute atomic E-state index is 0.187. The molecule has 1 aliphatic carbocycles. The molecule has 0 atom stereocenters. The number of carbonyl (C=O) groups is 1. The highest BCUT2D eigenvalue weighted by Crippen LogP contribution is 2.30. The number of pyridine rings is 1. The predicted molar refractivity (Wildman–Crippen MR) is 117 cm³/mol. The Morgan fingerprint density at radius 2 is 2.30 bits per heavy atom. The van der Waals surface area contributed by atoms with Crippen LogP contribution < -0.4 is 0 Å². The summed E-state index contributed by atoms with van der Waals surface area (Å²) in [5.41, 5.74) is 3.06. The molecule has 0 spiro atoms. The van der Waals surface area contributed by atoms with Crippen molar-refractivity contribution >= 4 is 34.8 Å². The molecule has 0 saturated carbocycles. The molecule has 0 saturated heterocycles. The van der Waals surface area contributed by atoms with E-state index in [1.54, 1.807) is 42.7 Å². The van der Waals surface area contributed by atoms with Crippen LogP contribution in [-0.4, -0.2) is 52.1 Å². The van der Waals surface area contributed by atoms with E-state index in [9.17, 15) is 9.18 Å². The lowest BCUT2D eigenvalue weighted by atomic mass is 10.0. The normalized spacial score (nSPS) is 14.2. The minimum atomic E-state index is -0.441. The summed E-state index contributed by atoms with van der Waals surface area (Å²) in [6.45, 7) is 0.822. The fraction of sp³-hybridized carbons (Fsp3) is 0.227. The van der Waals surface area contributed by atoms with Crippen LogP contribution in [0.1, 0.15) is 23.3 Å². The molecule has 0 aromatic carbocycles. The Morgan fingerprint density at radius 1 is 1.43 bits per heavy atom. The van der Waals surface area contributed by atoms with Crippen LogP contribution in [-0.2, 0) is 0 Å². The molecule has 4 rings (SSSR count). The monoisotopic (exact) mass is 425 g/mol. The maximum absolute atomic E-state index is 14.5. The standard InChI is InChI=1S/C22H21ClFN5O/c1-25-7-8-29(13-14-3-2-4-16(23)9-14)22(30)19-10-15(11-27-19)20-17-5-6-26-21(17)28-12-18(20)24/h4-7,9-12,27H,2-3,8,13H2,1H3,(H,26,28)/b25-7-. The van der Waals surface area contributed by atoms with E-state index in [0.717, 1.165) is 18.4 Å². The van der Waals surface area contributed by atoms with Gasteiger partial charge in [-0.2, -0.15) is 0 Å². The first-order valence-electron chi connectivity index (χ1n) is 9.62. The van der Waals surface area contributed by atoms with Gasteiger partial charge in [-0.25, -0.2) is 9.37 Å². The quantitative estimate of drug-likeness (QED) is 0.562. The highest BCUT2D eigenvalue weighted by molar-refractivity contribution is 6.31. The molecular weight excluding hydrogens is 405 g/mol. The lowest BCUT2D eigenvalue weighted by Gasteiger charge is -2.23. The number of hydrogen-bond donors (Lipinski definition) is 2. The van der Waals surface area contributed by atoms with E-state index in [-0.39, 0.29) is 5.91 Å². The Morgan fingerprint density at radius 3 is 3.10 bits per heavy atom. The zero-order valence-corrected chi connectivity index (χ0v) is 17.2. The number of aromatic amines is 2. The lowest BCUT2D eigenvalue weighted by molar-refractivity contribution is 0.0787. The third kappa shape index (κ3) is 4.07. The maximum atomic E-state index is 14.5. The molecule has 0 fully saturated rings. The molecule has 3 heterocycles. The molecular formula is C22H21ClFN5O. The molecule has 0 bridgehead atoms. The van der Waals surface area contributed by atoms with Crippen molar-refractivity contribution in [1.29, 1.82) is 0 Å². The van der Waals surface area contributed by atoms with Gasteiger partial charge < -0.3 is 14.9 Å². The number of nitrogens with one attached hydrogen (secondary N) is 2. The Labute approximate surface area is 178 Å². The van der Waals surface area contributed by atoms with Crippen molar-refractivity contribution in [2.45, 2.75) is 12.8 Å². The number of nitrogens with zero attached hydrogens (tertiary/aromatic N) is 3. The summed E-state index contributed by atoms with van der Waals surface area (Å²) >= 11 is 6.13. The fourth-order valence-corrected chi connectivity index (χ4v) is 3.86. The van der Waals surface area contributed by atoms with E-state index in [0.29, 0.717) is 46.0 Å². The maximum Gasteiger partial charge on any atom is 0.270 e. The van der Waals surface area contributed by atoms with E-state index < -0.39 is 5.82 Å². The summed E-state index contributed by atoms with van der Waals surface area (Å²) in [5, 5.41) is 1.36. The van der Waals surface area contributed by atoms with E-state index in [2.05, 4.69) is 19.9 Å². The number of H-pyrrole nitrogens is 2. The molecule has 30 heavy (non-hydrogen) atoms. The van der Waals surface area contributed by atoms with Crippen molar-refractivity contribution in [3.05, 3.63) is 65.0 Å². The highest BCUT2D eigenvalue weighted by atomic mass is 35.5. The number of hydrogen-bond acceptors (Lipinski definition) is 3. The van der Waals surface area contributed by atoms with Gasteiger partial charge in [-0.05, 0) is 36.6 Å². The fourth-order valence-electron chi connectivity index (χ4n) is 3.60. The lowest BCUT2D eigenvalue weighted by Crippen LogP contribution is -2.34. The van der Waals surface area contributed by atoms with Crippen LogP contribution in [0.15, 0.2) is 58.5 Å². The number of halogens is 2. The number of rotatable bonds is 6. The van der Waals surface area contributed by atoms with Gasteiger partial charge in [0.05, 0.1) is 12.7 Å². The van der Waals surface area contributed by atoms with Crippen molar-refractivity contribution in [2.24, 2.45) is 4.99 Å². The van der Waals surface area contributed by atoms with Gasteiger partial charge in [-0.1, -0.05) is 17.7 Å². The van der Waals surface area contributed by atoms with Crippen molar-refractivity contribution in [3.63, 3.8) is 0 Å². The number of carbonyl (C=O) groups excluding carboxylic acids is 1. The average Bonchev–Trinajstić information content (AvgIpc) is 3.40. The molecule has 3 aromatic rings. The third-order valence-corrected chi connectivity index (χ3v) is 5.32. The summed E-state index contributed by atoms with van der Waals surface area (Å²) in [6.07, 6.45) is 11.8. The van der Waals surface area contributed by atoms with Gasteiger partial charge in [0.2, 0.25) is 0 Å². The third-order valence-electron chi connectivity index (χ3n) is 5.06. The topological polar surface area (TPSA) is 77.1 Å². The average molecular weight is 426 g/mol. The second kappa shape index (κ2) is 8.67. The summed E-state index contributed by atoms with van der Waals surface area (Å²) in [4.78, 5) is 28.9. The van der Waals surface area contributed by atoms with E-state index in [1.165, 1.54) is 6.20 Å². The van der Waals surface area contributed by atoms with Gasteiger partial charge in [0.1, 0.15) is 17.2 Å². The minimum Gasteiger partial charge on any atom is -0.357 e. The van der Waals surface area contributed by atoms with Crippen molar-refractivity contribution in [2.75, 3.05) is 20.1 Å². The molecule has 0 unspecified atom stereocenters. The number of amides is 1. The van der Waals surface area contributed by atoms with Crippen LogP contribution in [0.4, 0.5) is 4.39 Å². The summed E-state index contributed by atoms with van der Waals surface area (Å²) in [5.74, 6) is -0.628. The molecule has 6 nitrogen and oxygen atoms in total. The van der Waals surface area contributed by atoms with Gasteiger partial charge in [-0.3, -0.25) is 9.79 Å². The Bertz CT molecular complexity index is 1170. The molecule has 2 N–H and O–H groups in total. The molecule has 0 radical (unpaired) electrons. The highest BCUT2D eigenvalue weighted by Gasteiger charge is 2.21. The van der Waals surface area contributed by atoms with Crippen LogP contribution in [0, 0.1) is 5.82 Å². The number of fused-ring (bicyclic) bond motifs is 1. The van der Waals surface area contributed by atoms with Crippen LogP contribution >= 0.6 is 11.6 Å². The van der Waals surface area contributed by atoms with Crippen LogP contribution in [0.5, 0.6) is 0 Å². The van der Waals surface area contributed by atoms with Gasteiger partial charge in [-0.15, -0.1) is 0 Å². The predicted octanol–water partition coefficient (Wildman–Crippen LogP) is 4.68. The molecule has 1 amide bonds. The number of aliphatic imine (C=N–C) groups is 1. The van der Waals surface area contributed by atoms with Crippen molar-refractivity contribution < 1.29 is 9.18 Å². The largest absolute Gasteiger partial charge is 0.357 e. The van der Waals surface area contributed by atoms with Crippen LogP contribution in [0.2, 0.25) is 0 Å². The van der Waals surface area contributed by atoms with Gasteiger partial charge in [0.25, 0.3) is 5.91 Å². The first kappa shape index (κ1) is 20.1. The SMILES string of the molecule is C/N=C\CN(CC1=CC(Cl)=CCC1)C(=O)c1cc(-c2c(F)cnc3[nH]ccc23)c[nH]1. The van der Waals surface area contributed by atoms with Crippen LogP contribution in [0.25, 0.3) is 22.2 Å². The number of aromatic nitrogens is 3. The summed E-state index contributed by atoms with van der Waals surface area (Å²) in [7, 11) is 1.67. The van der Waals surface area contributed by atoms with Crippen molar-refractivity contribution in [1.82, 2.24) is 19.9 Å². The molecule has 154 valence electrons. The first-order valence-corrected chi connectivity index (χ1v) is 10.00. The Kier molecular flexibility index (Phi) is 5.81. The van der Waals surface area contributed by atoms with E-state index in [4.69, 9.17) is 11.6 Å². The summed E-state index contributed by atoms with van der Waals surface area (Å²) < 4.78 is 14.5. The second-order valence-corrected chi connectivity index (χ2v) is 7.52. The van der Waals surface area contributed by atoms with Gasteiger partial charge in [0, 0.05) is 53.7 Å². The summed E-state index contributed by atoms with van der Waals surface area (Å²) in [6, 6.07) is 3.44.